The Morgan fingerprint density at radius 3 is 2.61 bits per heavy atom. The minimum atomic E-state index is -0.334. The molecule has 10 heteroatoms. The zero-order valence-electron chi connectivity index (χ0n) is 14.3. The van der Waals surface area contributed by atoms with Crippen LogP contribution in [0.5, 0.6) is 0 Å². The number of nitrogens with one attached hydrogen (secondary N) is 1. The molecular weight excluding hydrogens is 399 g/mol. The van der Waals surface area contributed by atoms with Crippen molar-refractivity contribution in [3.63, 3.8) is 0 Å². The van der Waals surface area contributed by atoms with Crippen LogP contribution >= 0.6 is 23.1 Å². The quantitative estimate of drug-likeness (QED) is 0.487. The molecule has 0 atom stereocenters. The number of halogens is 1. The van der Waals surface area contributed by atoms with Gasteiger partial charge in [0.15, 0.2) is 16.1 Å². The van der Waals surface area contributed by atoms with Crippen LogP contribution in [0.4, 0.5) is 9.52 Å². The molecule has 0 radical (unpaired) electrons. The largest absolute Gasteiger partial charge is 0.301 e. The van der Waals surface area contributed by atoms with E-state index >= 15 is 0 Å². The maximum Gasteiger partial charge on any atom is 0.236 e. The Balaban J connectivity index is 1.62. The number of nitrogens with zero attached hydrogens (tertiary/aromatic N) is 5. The van der Waals surface area contributed by atoms with Gasteiger partial charge in [-0.25, -0.2) is 9.37 Å². The van der Waals surface area contributed by atoms with E-state index in [0.717, 1.165) is 5.56 Å². The molecule has 0 saturated carbocycles. The number of hydrogen-bond acceptors (Lipinski definition) is 7. The molecular formula is C18H13FN6OS2. The number of thiazole rings is 1. The van der Waals surface area contributed by atoms with Crippen molar-refractivity contribution in [2.45, 2.75) is 5.16 Å². The topological polar surface area (TPSA) is 85.6 Å². The zero-order chi connectivity index (χ0) is 19.3. The summed E-state index contributed by atoms with van der Waals surface area (Å²) in [5.41, 5.74) is 1.51. The first-order valence-corrected chi connectivity index (χ1v) is 10.0. The van der Waals surface area contributed by atoms with Crippen molar-refractivity contribution in [1.29, 1.82) is 0 Å². The van der Waals surface area contributed by atoms with Crippen molar-refractivity contribution < 1.29 is 9.18 Å². The minimum Gasteiger partial charge on any atom is -0.301 e. The lowest BCUT2D eigenvalue weighted by Crippen LogP contribution is -2.14. The van der Waals surface area contributed by atoms with Gasteiger partial charge in [0, 0.05) is 35.2 Å². The molecule has 0 aliphatic heterocycles. The summed E-state index contributed by atoms with van der Waals surface area (Å²) in [6.45, 7) is 0. The van der Waals surface area contributed by atoms with Crippen LogP contribution in [0.25, 0.3) is 17.1 Å². The summed E-state index contributed by atoms with van der Waals surface area (Å²) < 4.78 is 15.2. The third kappa shape index (κ3) is 4.07. The number of rotatable bonds is 6. The molecule has 3 aromatic heterocycles. The van der Waals surface area contributed by atoms with E-state index in [1.165, 1.54) is 35.2 Å². The third-order valence-electron chi connectivity index (χ3n) is 3.67. The number of carbonyl (C=O) groups is 1. The highest BCUT2D eigenvalue weighted by atomic mass is 32.2. The van der Waals surface area contributed by atoms with Gasteiger partial charge in [0.05, 0.1) is 5.75 Å². The Kier molecular flexibility index (Phi) is 5.40. The fraction of sp³-hybridized carbons (Fsp3) is 0.0556. The minimum absolute atomic E-state index is 0.134. The standard InChI is InChI=1S/C18H13FN6OS2/c19-13-1-3-14(4-2-13)25-16(12-5-7-20-8-6-12)23-24-18(25)28-11-15(26)22-17-21-9-10-27-17/h1-10H,11H2,(H,21,22,26). The number of amides is 1. The van der Waals surface area contributed by atoms with Gasteiger partial charge in [-0.3, -0.25) is 14.3 Å². The summed E-state index contributed by atoms with van der Waals surface area (Å²) in [5, 5.41) is 14.1. The molecule has 0 spiro atoms. The first kappa shape index (κ1) is 18.3. The summed E-state index contributed by atoms with van der Waals surface area (Å²) in [7, 11) is 0. The van der Waals surface area contributed by atoms with E-state index in [2.05, 4.69) is 25.5 Å². The molecule has 140 valence electrons. The second-order valence-corrected chi connectivity index (χ2v) is 7.37. The molecule has 0 fully saturated rings. The number of hydrogen-bond donors (Lipinski definition) is 1. The molecule has 0 bridgehead atoms. The summed E-state index contributed by atoms with van der Waals surface area (Å²) in [6, 6.07) is 9.65. The number of aromatic nitrogens is 5. The Bertz CT molecular complexity index is 1070. The van der Waals surface area contributed by atoms with Gasteiger partial charge in [-0.1, -0.05) is 11.8 Å². The van der Waals surface area contributed by atoms with Crippen molar-refractivity contribution in [3.8, 4) is 17.1 Å². The van der Waals surface area contributed by atoms with Gasteiger partial charge in [-0.2, -0.15) is 0 Å². The molecule has 0 aliphatic carbocycles. The highest BCUT2D eigenvalue weighted by molar-refractivity contribution is 7.99. The van der Waals surface area contributed by atoms with E-state index < -0.39 is 0 Å². The fourth-order valence-electron chi connectivity index (χ4n) is 2.44. The lowest BCUT2D eigenvalue weighted by Gasteiger charge is -2.10. The molecule has 3 heterocycles. The lowest BCUT2D eigenvalue weighted by molar-refractivity contribution is -0.113. The van der Waals surface area contributed by atoms with Gasteiger partial charge in [0.25, 0.3) is 0 Å². The second-order valence-electron chi connectivity index (χ2n) is 5.53. The number of benzene rings is 1. The van der Waals surface area contributed by atoms with Crippen molar-refractivity contribution >= 4 is 34.1 Å². The molecule has 0 saturated heterocycles. The van der Waals surface area contributed by atoms with Gasteiger partial charge in [0.1, 0.15) is 5.82 Å². The van der Waals surface area contributed by atoms with E-state index in [4.69, 9.17) is 0 Å². The second kappa shape index (κ2) is 8.28. The van der Waals surface area contributed by atoms with Crippen LogP contribution in [-0.2, 0) is 4.79 Å². The predicted octanol–water partition coefficient (Wildman–Crippen LogP) is 3.66. The first-order chi connectivity index (χ1) is 13.7. The van der Waals surface area contributed by atoms with E-state index in [-0.39, 0.29) is 17.5 Å². The van der Waals surface area contributed by atoms with Gasteiger partial charge < -0.3 is 5.32 Å². The van der Waals surface area contributed by atoms with Crippen LogP contribution in [0.3, 0.4) is 0 Å². The fourth-order valence-corrected chi connectivity index (χ4v) is 3.74. The average Bonchev–Trinajstić information content (AvgIpc) is 3.37. The summed E-state index contributed by atoms with van der Waals surface area (Å²) in [5.74, 6) is 0.185. The molecule has 28 heavy (non-hydrogen) atoms. The van der Waals surface area contributed by atoms with E-state index in [0.29, 0.717) is 21.8 Å². The Hall–Kier alpha value is -3.11. The number of anilines is 1. The van der Waals surface area contributed by atoms with E-state index in [1.807, 2.05) is 12.1 Å². The Morgan fingerprint density at radius 1 is 1.11 bits per heavy atom. The van der Waals surface area contributed by atoms with Gasteiger partial charge in [-0.15, -0.1) is 21.5 Å². The monoisotopic (exact) mass is 412 g/mol. The van der Waals surface area contributed by atoms with Crippen molar-refractivity contribution in [3.05, 3.63) is 66.2 Å². The molecule has 0 unspecified atom stereocenters. The van der Waals surface area contributed by atoms with Gasteiger partial charge in [-0.05, 0) is 36.4 Å². The highest BCUT2D eigenvalue weighted by Crippen LogP contribution is 2.28. The van der Waals surface area contributed by atoms with Crippen LogP contribution in [0.1, 0.15) is 0 Å². The van der Waals surface area contributed by atoms with Crippen molar-refractivity contribution in [2.24, 2.45) is 0 Å². The smallest absolute Gasteiger partial charge is 0.236 e. The van der Waals surface area contributed by atoms with Gasteiger partial charge >= 0.3 is 0 Å². The SMILES string of the molecule is O=C(CSc1nnc(-c2ccncc2)n1-c1ccc(F)cc1)Nc1nccs1. The summed E-state index contributed by atoms with van der Waals surface area (Å²) >= 11 is 2.59. The normalized spacial score (nSPS) is 10.8. The summed E-state index contributed by atoms with van der Waals surface area (Å²) in [4.78, 5) is 20.2. The zero-order valence-corrected chi connectivity index (χ0v) is 16.0. The van der Waals surface area contributed by atoms with Crippen molar-refractivity contribution in [1.82, 2.24) is 24.7 Å². The number of pyridine rings is 1. The Labute approximate surface area is 167 Å². The average molecular weight is 412 g/mol. The molecule has 4 aromatic rings. The molecule has 1 aromatic carbocycles. The van der Waals surface area contributed by atoms with Crippen LogP contribution in [-0.4, -0.2) is 36.4 Å². The van der Waals surface area contributed by atoms with Crippen LogP contribution in [0, 0.1) is 5.82 Å². The summed E-state index contributed by atoms with van der Waals surface area (Å²) in [6.07, 6.45) is 4.94. The van der Waals surface area contributed by atoms with Gasteiger partial charge in [0.2, 0.25) is 5.91 Å². The molecule has 1 N–H and O–H groups in total. The molecule has 7 nitrogen and oxygen atoms in total. The van der Waals surface area contributed by atoms with E-state index in [1.54, 1.807) is 40.7 Å². The number of carbonyl (C=O) groups excluding carboxylic acids is 1. The lowest BCUT2D eigenvalue weighted by atomic mass is 10.2. The molecule has 4 rings (SSSR count). The number of thioether (sulfide) groups is 1. The third-order valence-corrected chi connectivity index (χ3v) is 5.29. The van der Waals surface area contributed by atoms with Crippen LogP contribution in [0.2, 0.25) is 0 Å². The maximum atomic E-state index is 13.4. The van der Waals surface area contributed by atoms with E-state index in [9.17, 15) is 9.18 Å². The first-order valence-electron chi connectivity index (χ1n) is 8.14. The van der Waals surface area contributed by atoms with Crippen molar-refractivity contribution in [2.75, 3.05) is 11.1 Å². The Morgan fingerprint density at radius 2 is 1.89 bits per heavy atom. The molecule has 0 aliphatic rings. The van der Waals surface area contributed by atoms with Crippen LogP contribution < -0.4 is 5.32 Å². The predicted molar refractivity (Wildman–Crippen MR) is 106 cm³/mol. The van der Waals surface area contributed by atoms with Crippen LogP contribution in [0.15, 0.2) is 65.5 Å². The highest BCUT2D eigenvalue weighted by Gasteiger charge is 2.17. The maximum absolute atomic E-state index is 13.4. The molecule has 1 amide bonds.